The Bertz CT molecular complexity index is 410. The van der Waals surface area contributed by atoms with Crippen LogP contribution >= 0.6 is 12.4 Å². The first-order valence-corrected chi connectivity index (χ1v) is 7.14. The minimum absolute atomic E-state index is 0. The second-order valence-corrected chi connectivity index (χ2v) is 5.42. The van der Waals surface area contributed by atoms with Crippen LogP contribution in [0.4, 0.5) is 4.79 Å². The van der Waals surface area contributed by atoms with Gasteiger partial charge in [-0.25, -0.2) is 4.79 Å². The van der Waals surface area contributed by atoms with Crippen molar-refractivity contribution in [2.75, 3.05) is 26.7 Å². The van der Waals surface area contributed by atoms with Gasteiger partial charge in [0.15, 0.2) is 0 Å². The van der Waals surface area contributed by atoms with Gasteiger partial charge in [0.05, 0.1) is 0 Å². The predicted octanol–water partition coefficient (Wildman–Crippen LogP) is -0.00150. The third-order valence-corrected chi connectivity index (χ3v) is 3.93. The normalized spacial score (nSPS) is 19.6. The minimum Gasteiger partial charge on any atom is -0.354 e. The molecule has 2 aliphatic rings. The van der Waals surface area contributed by atoms with E-state index in [1.807, 2.05) is 7.05 Å². The number of hydrogen-bond acceptors (Lipinski definition) is 4. The standard InChI is InChI=1S/C13H22N4O3.ClH/c1-14-7-4-8-15-10(18)9-17-11(19)13(16-12(17)20)5-2-3-6-13;/h14H,2-9H2,1H3,(H,15,18)(H,16,20);1H. The van der Waals surface area contributed by atoms with Gasteiger partial charge < -0.3 is 16.0 Å². The van der Waals surface area contributed by atoms with Gasteiger partial charge in [0.25, 0.3) is 5.91 Å². The number of rotatable bonds is 6. The first-order chi connectivity index (χ1) is 9.59. The Morgan fingerprint density at radius 1 is 1.29 bits per heavy atom. The molecule has 0 atom stereocenters. The maximum Gasteiger partial charge on any atom is 0.325 e. The number of nitrogens with zero attached hydrogens (tertiary/aromatic N) is 1. The van der Waals surface area contributed by atoms with Crippen molar-refractivity contribution < 1.29 is 14.4 Å². The van der Waals surface area contributed by atoms with Crippen molar-refractivity contribution in [2.45, 2.75) is 37.6 Å². The molecule has 4 amide bonds. The first kappa shape index (κ1) is 17.7. The Balaban J connectivity index is 0.00000220. The molecule has 0 aromatic rings. The highest BCUT2D eigenvalue weighted by Crippen LogP contribution is 2.34. The van der Waals surface area contributed by atoms with Crippen molar-refractivity contribution in [1.82, 2.24) is 20.9 Å². The van der Waals surface area contributed by atoms with Crippen molar-refractivity contribution in [3.63, 3.8) is 0 Å². The molecule has 7 nitrogen and oxygen atoms in total. The van der Waals surface area contributed by atoms with Gasteiger partial charge in [0.1, 0.15) is 12.1 Å². The zero-order valence-corrected chi connectivity index (χ0v) is 13.1. The average molecular weight is 319 g/mol. The van der Waals surface area contributed by atoms with Crippen LogP contribution in [0, 0.1) is 0 Å². The molecule has 1 aliphatic heterocycles. The summed E-state index contributed by atoms with van der Waals surface area (Å²) in [6.45, 7) is 1.16. The highest BCUT2D eigenvalue weighted by Gasteiger charge is 2.52. The van der Waals surface area contributed by atoms with Crippen LogP contribution < -0.4 is 16.0 Å². The third kappa shape index (κ3) is 3.85. The van der Waals surface area contributed by atoms with Crippen molar-refractivity contribution in [3.05, 3.63) is 0 Å². The van der Waals surface area contributed by atoms with Crippen LogP contribution in [0.5, 0.6) is 0 Å². The highest BCUT2D eigenvalue weighted by atomic mass is 35.5. The van der Waals surface area contributed by atoms with E-state index in [9.17, 15) is 14.4 Å². The quantitative estimate of drug-likeness (QED) is 0.475. The maximum atomic E-state index is 12.3. The molecule has 120 valence electrons. The van der Waals surface area contributed by atoms with Crippen LogP contribution in [-0.4, -0.2) is 55.0 Å². The molecule has 1 heterocycles. The van der Waals surface area contributed by atoms with Gasteiger partial charge in [-0.1, -0.05) is 12.8 Å². The number of carbonyl (C=O) groups is 3. The van der Waals surface area contributed by atoms with E-state index >= 15 is 0 Å². The fourth-order valence-electron chi connectivity index (χ4n) is 2.83. The summed E-state index contributed by atoms with van der Waals surface area (Å²) < 4.78 is 0. The Morgan fingerprint density at radius 3 is 2.57 bits per heavy atom. The molecule has 21 heavy (non-hydrogen) atoms. The number of hydrogen-bond donors (Lipinski definition) is 3. The molecule has 0 bridgehead atoms. The van der Waals surface area contributed by atoms with Crippen LogP contribution in [0.2, 0.25) is 0 Å². The molecule has 1 spiro atoms. The van der Waals surface area contributed by atoms with Crippen LogP contribution in [0.15, 0.2) is 0 Å². The number of halogens is 1. The minimum atomic E-state index is -0.733. The van der Waals surface area contributed by atoms with Crippen LogP contribution in [0.1, 0.15) is 32.1 Å². The Hall–Kier alpha value is -1.34. The zero-order chi connectivity index (χ0) is 14.6. The highest BCUT2D eigenvalue weighted by molar-refractivity contribution is 6.09. The Kier molecular flexibility index (Phi) is 6.42. The average Bonchev–Trinajstić information content (AvgIpc) is 2.97. The lowest BCUT2D eigenvalue weighted by atomic mass is 9.98. The van der Waals surface area contributed by atoms with Gasteiger partial charge >= 0.3 is 6.03 Å². The van der Waals surface area contributed by atoms with E-state index in [0.29, 0.717) is 19.4 Å². The summed E-state index contributed by atoms with van der Waals surface area (Å²) in [7, 11) is 1.84. The summed E-state index contributed by atoms with van der Waals surface area (Å²) in [5.41, 5.74) is -0.733. The Labute approximate surface area is 130 Å². The zero-order valence-electron chi connectivity index (χ0n) is 12.2. The molecule has 1 saturated carbocycles. The van der Waals surface area contributed by atoms with Crippen molar-refractivity contribution >= 4 is 30.3 Å². The largest absolute Gasteiger partial charge is 0.354 e. The summed E-state index contributed by atoms with van der Waals surface area (Å²) in [4.78, 5) is 37.0. The van der Waals surface area contributed by atoms with Crippen molar-refractivity contribution in [1.29, 1.82) is 0 Å². The van der Waals surface area contributed by atoms with Gasteiger partial charge in [0.2, 0.25) is 5.91 Å². The van der Waals surface area contributed by atoms with E-state index in [1.54, 1.807) is 0 Å². The lowest BCUT2D eigenvalue weighted by molar-refractivity contribution is -0.134. The summed E-state index contributed by atoms with van der Waals surface area (Å²) in [5, 5.41) is 8.45. The van der Waals surface area contributed by atoms with Gasteiger partial charge in [-0.15, -0.1) is 12.4 Å². The molecular weight excluding hydrogens is 296 g/mol. The molecule has 0 radical (unpaired) electrons. The third-order valence-electron chi connectivity index (χ3n) is 3.93. The number of carbonyl (C=O) groups excluding carboxylic acids is 3. The van der Waals surface area contributed by atoms with Crippen LogP contribution in [0.3, 0.4) is 0 Å². The van der Waals surface area contributed by atoms with Crippen LogP contribution in [-0.2, 0) is 9.59 Å². The molecule has 1 saturated heterocycles. The van der Waals surface area contributed by atoms with Gasteiger partial charge in [-0.3, -0.25) is 14.5 Å². The van der Waals surface area contributed by atoms with Crippen molar-refractivity contribution in [2.24, 2.45) is 0 Å². The summed E-state index contributed by atoms with van der Waals surface area (Å²) >= 11 is 0. The second-order valence-electron chi connectivity index (χ2n) is 5.42. The molecule has 0 aromatic heterocycles. The molecule has 3 N–H and O–H groups in total. The van der Waals surface area contributed by atoms with E-state index in [1.165, 1.54) is 0 Å². The van der Waals surface area contributed by atoms with Gasteiger partial charge in [-0.05, 0) is 32.9 Å². The summed E-state index contributed by atoms with van der Waals surface area (Å²) in [6, 6.07) is -0.442. The molecule has 2 fully saturated rings. The smallest absolute Gasteiger partial charge is 0.325 e. The number of urea groups is 1. The van der Waals surface area contributed by atoms with Crippen molar-refractivity contribution in [3.8, 4) is 0 Å². The lowest BCUT2D eigenvalue weighted by Crippen LogP contribution is -2.45. The van der Waals surface area contributed by atoms with E-state index in [2.05, 4.69) is 16.0 Å². The molecule has 8 heteroatoms. The first-order valence-electron chi connectivity index (χ1n) is 7.14. The number of nitrogens with one attached hydrogen (secondary N) is 3. The fraction of sp³-hybridized carbons (Fsp3) is 0.769. The van der Waals surface area contributed by atoms with Gasteiger partial charge in [0, 0.05) is 6.54 Å². The molecule has 0 aromatic carbocycles. The fourth-order valence-corrected chi connectivity index (χ4v) is 2.83. The van der Waals surface area contributed by atoms with E-state index in [-0.39, 0.29) is 30.8 Å². The molecule has 0 unspecified atom stereocenters. The Morgan fingerprint density at radius 2 is 1.95 bits per heavy atom. The molecule has 2 rings (SSSR count). The van der Waals surface area contributed by atoms with E-state index in [0.717, 1.165) is 30.7 Å². The molecular formula is C13H23ClN4O3. The topological polar surface area (TPSA) is 90.5 Å². The second kappa shape index (κ2) is 7.61. The monoisotopic (exact) mass is 318 g/mol. The summed E-state index contributed by atoms with van der Waals surface area (Å²) in [5.74, 6) is -0.537. The van der Waals surface area contributed by atoms with E-state index in [4.69, 9.17) is 0 Å². The predicted molar refractivity (Wildman–Crippen MR) is 80.2 cm³/mol. The van der Waals surface area contributed by atoms with Gasteiger partial charge in [-0.2, -0.15) is 0 Å². The van der Waals surface area contributed by atoms with Crippen LogP contribution in [0.25, 0.3) is 0 Å². The van der Waals surface area contributed by atoms with E-state index < -0.39 is 11.6 Å². The number of amides is 4. The summed E-state index contributed by atoms with van der Waals surface area (Å²) in [6.07, 6.45) is 4.05. The lowest BCUT2D eigenvalue weighted by Gasteiger charge is -2.19. The number of imide groups is 1. The maximum absolute atomic E-state index is 12.3. The molecule has 1 aliphatic carbocycles. The SMILES string of the molecule is CNCCCNC(=O)CN1C(=O)NC2(CCCC2)C1=O.Cl.